The average Bonchev–Trinajstić information content (AvgIpc) is 2.83. The van der Waals surface area contributed by atoms with Gasteiger partial charge in [0.05, 0.1) is 18.2 Å². The molecule has 1 unspecified atom stereocenters. The zero-order valence-electron chi connectivity index (χ0n) is 11.8. The molecule has 1 atom stereocenters. The number of ketones is 1. The first-order valence-corrected chi connectivity index (χ1v) is 7.47. The highest BCUT2D eigenvalue weighted by atomic mass is 16.5. The fourth-order valence-corrected chi connectivity index (χ4v) is 3.27. The van der Waals surface area contributed by atoms with E-state index >= 15 is 0 Å². The number of ether oxygens (including phenoxy) is 1. The first kappa shape index (κ1) is 12.7. The van der Waals surface area contributed by atoms with Crippen LogP contribution in [0.2, 0.25) is 0 Å². The molecule has 21 heavy (non-hydrogen) atoms. The lowest BCUT2D eigenvalue weighted by atomic mass is 9.87. The normalized spacial score (nSPS) is 21.5. The van der Waals surface area contributed by atoms with Crippen LogP contribution in [0, 0.1) is 0 Å². The van der Waals surface area contributed by atoms with Crippen LogP contribution in [0.1, 0.15) is 48.8 Å². The van der Waals surface area contributed by atoms with Gasteiger partial charge in [0.25, 0.3) is 0 Å². The minimum absolute atomic E-state index is 0.119. The van der Waals surface area contributed by atoms with E-state index < -0.39 is 0 Å². The second-order valence-electron chi connectivity index (χ2n) is 5.70. The van der Waals surface area contributed by atoms with E-state index in [1.54, 1.807) is 0 Å². The van der Waals surface area contributed by atoms with E-state index in [9.17, 15) is 4.79 Å². The monoisotopic (exact) mass is 283 g/mol. The third-order valence-electron chi connectivity index (χ3n) is 4.34. The molecule has 0 saturated heterocycles. The molecule has 5 heteroatoms. The number of para-hydroxylation sites is 1. The summed E-state index contributed by atoms with van der Waals surface area (Å²) in [4.78, 5) is 12.3. The lowest BCUT2D eigenvalue weighted by Crippen LogP contribution is -2.21. The summed E-state index contributed by atoms with van der Waals surface area (Å²) >= 11 is 0. The van der Waals surface area contributed by atoms with Crippen LogP contribution >= 0.6 is 0 Å². The van der Waals surface area contributed by atoms with Gasteiger partial charge in [0.1, 0.15) is 18.2 Å². The number of rotatable bonds is 1. The molecule has 2 aromatic rings. The number of carbonyl (C=O) groups is 1. The molecule has 1 aromatic carbocycles. The zero-order valence-corrected chi connectivity index (χ0v) is 11.8. The molecule has 0 radical (unpaired) electrons. The molecular weight excluding hydrogens is 266 g/mol. The lowest BCUT2D eigenvalue weighted by Gasteiger charge is -2.21. The number of benzene rings is 1. The maximum absolute atomic E-state index is 12.3. The van der Waals surface area contributed by atoms with Crippen LogP contribution in [0.5, 0.6) is 0 Å². The van der Waals surface area contributed by atoms with Crippen molar-refractivity contribution < 1.29 is 9.53 Å². The van der Waals surface area contributed by atoms with Crippen LogP contribution in [-0.2, 0) is 22.7 Å². The number of fused-ring (bicyclic) bond motifs is 3. The fourth-order valence-electron chi connectivity index (χ4n) is 3.27. The zero-order chi connectivity index (χ0) is 14.2. The Morgan fingerprint density at radius 1 is 1.14 bits per heavy atom. The molecule has 5 nitrogen and oxygen atoms in total. The lowest BCUT2D eigenvalue weighted by molar-refractivity contribution is -0.122. The third-order valence-corrected chi connectivity index (χ3v) is 4.34. The van der Waals surface area contributed by atoms with Gasteiger partial charge in [0.15, 0.2) is 5.82 Å². The topological polar surface area (TPSA) is 57.0 Å². The Kier molecular flexibility index (Phi) is 3.07. The molecule has 2 aliphatic rings. The summed E-state index contributed by atoms with van der Waals surface area (Å²) in [5.74, 6) is 1.74. The summed E-state index contributed by atoms with van der Waals surface area (Å²) in [7, 11) is 0. The van der Waals surface area contributed by atoms with Crippen LogP contribution in [-0.4, -0.2) is 20.5 Å². The van der Waals surface area contributed by atoms with Crippen molar-refractivity contribution in [3.8, 4) is 5.69 Å². The highest BCUT2D eigenvalue weighted by Crippen LogP contribution is 2.32. The van der Waals surface area contributed by atoms with Gasteiger partial charge >= 0.3 is 0 Å². The van der Waals surface area contributed by atoms with E-state index in [1.165, 1.54) is 0 Å². The van der Waals surface area contributed by atoms with Crippen LogP contribution in [0.15, 0.2) is 24.3 Å². The number of nitrogens with zero attached hydrogens (tertiary/aromatic N) is 3. The molecule has 4 rings (SSSR count). The molecule has 1 aromatic heterocycles. The summed E-state index contributed by atoms with van der Waals surface area (Å²) in [6.45, 7) is 1.00. The molecule has 1 saturated carbocycles. The summed E-state index contributed by atoms with van der Waals surface area (Å²) < 4.78 is 7.70. The van der Waals surface area contributed by atoms with Crippen molar-refractivity contribution in [3.05, 3.63) is 41.5 Å². The van der Waals surface area contributed by atoms with Gasteiger partial charge in [-0.05, 0) is 18.9 Å². The van der Waals surface area contributed by atoms with Crippen molar-refractivity contribution in [2.45, 2.75) is 44.8 Å². The van der Waals surface area contributed by atoms with Gasteiger partial charge < -0.3 is 4.74 Å². The van der Waals surface area contributed by atoms with Gasteiger partial charge in [-0.3, -0.25) is 9.36 Å². The molecule has 2 heterocycles. The summed E-state index contributed by atoms with van der Waals surface area (Å²) in [5.41, 5.74) is 2.16. The Balaban J connectivity index is 1.87. The number of Topliss-reactive ketones (excluding diaryl/α,β-unsaturated/α-hetero) is 1. The first-order valence-electron chi connectivity index (χ1n) is 7.47. The Bertz CT molecular complexity index is 693. The highest BCUT2D eigenvalue weighted by molar-refractivity contribution is 5.85. The van der Waals surface area contributed by atoms with Crippen molar-refractivity contribution in [1.82, 2.24) is 14.8 Å². The van der Waals surface area contributed by atoms with Crippen LogP contribution in [0.3, 0.4) is 0 Å². The molecule has 1 aliphatic carbocycles. The van der Waals surface area contributed by atoms with Gasteiger partial charge in [-0.15, -0.1) is 10.2 Å². The molecule has 0 amide bonds. The minimum atomic E-state index is -0.119. The van der Waals surface area contributed by atoms with E-state index in [1.807, 2.05) is 22.8 Å². The van der Waals surface area contributed by atoms with Gasteiger partial charge in [-0.1, -0.05) is 24.6 Å². The summed E-state index contributed by atoms with van der Waals surface area (Å²) in [6.07, 6.45) is 3.61. The van der Waals surface area contributed by atoms with Gasteiger partial charge in [0.2, 0.25) is 0 Å². The standard InChI is InChI=1S/C16H17N3O2/c20-14-8-4-2-6-12(14)16-18-17-15-10-21-9-11-5-1-3-7-13(11)19(15)16/h1,3,5,7,12H,2,4,6,8-10H2. The Morgan fingerprint density at radius 3 is 2.95 bits per heavy atom. The largest absolute Gasteiger partial charge is 0.369 e. The van der Waals surface area contributed by atoms with Crippen molar-refractivity contribution in [2.75, 3.05) is 0 Å². The number of carbonyl (C=O) groups excluding carboxylic acids is 1. The van der Waals surface area contributed by atoms with E-state index in [0.717, 1.165) is 42.2 Å². The maximum atomic E-state index is 12.3. The van der Waals surface area contributed by atoms with E-state index in [-0.39, 0.29) is 5.92 Å². The third kappa shape index (κ3) is 2.08. The second kappa shape index (κ2) is 5.07. The first-order chi connectivity index (χ1) is 10.3. The fraction of sp³-hybridized carbons (Fsp3) is 0.438. The molecule has 1 aliphatic heterocycles. The van der Waals surface area contributed by atoms with E-state index in [0.29, 0.717) is 25.4 Å². The molecule has 0 bridgehead atoms. The number of aromatic nitrogens is 3. The smallest absolute Gasteiger partial charge is 0.163 e. The predicted octanol–water partition coefficient (Wildman–Crippen LogP) is 2.52. The SMILES string of the molecule is O=C1CCCCC1c1nnc2n1-c1ccccc1COC2. The number of hydrogen-bond acceptors (Lipinski definition) is 4. The summed E-state index contributed by atoms with van der Waals surface area (Å²) in [6, 6.07) is 8.11. The minimum Gasteiger partial charge on any atom is -0.369 e. The molecule has 0 N–H and O–H groups in total. The summed E-state index contributed by atoms with van der Waals surface area (Å²) in [5, 5.41) is 8.59. The predicted molar refractivity (Wildman–Crippen MR) is 76.1 cm³/mol. The van der Waals surface area contributed by atoms with Crippen molar-refractivity contribution in [3.63, 3.8) is 0 Å². The highest BCUT2D eigenvalue weighted by Gasteiger charge is 2.31. The van der Waals surface area contributed by atoms with E-state index in [4.69, 9.17) is 4.74 Å². The maximum Gasteiger partial charge on any atom is 0.163 e. The quantitative estimate of drug-likeness (QED) is 0.807. The Morgan fingerprint density at radius 2 is 2.05 bits per heavy atom. The van der Waals surface area contributed by atoms with Crippen molar-refractivity contribution >= 4 is 5.78 Å². The molecular formula is C16H17N3O2. The van der Waals surface area contributed by atoms with Gasteiger partial charge in [-0.25, -0.2) is 0 Å². The van der Waals surface area contributed by atoms with Crippen LogP contribution in [0.25, 0.3) is 5.69 Å². The molecule has 1 fully saturated rings. The van der Waals surface area contributed by atoms with Crippen LogP contribution < -0.4 is 0 Å². The second-order valence-corrected chi connectivity index (χ2v) is 5.70. The average molecular weight is 283 g/mol. The molecule has 108 valence electrons. The van der Waals surface area contributed by atoms with Crippen LogP contribution in [0.4, 0.5) is 0 Å². The van der Waals surface area contributed by atoms with E-state index in [2.05, 4.69) is 16.3 Å². The number of hydrogen-bond donors (Lipinski definition) is 0. The Hall–Kier alpha value is -2.01. The van der Waals surface area contributed by atoms with Gasteiger partial charge in [-0.2, -0.15) is 0 Å². The van der Waals surface area contributed by atoms with Crippen molar-refractivity contribution in [2.24, 2.45) is 0 Å². The van der Waals surface area contributed by atoms with Crippen molar-refractivity contribution in [1.29, 1.82) is 0 Å². The van der Waals surface area contributed by atoms with Gasteiger partial charge in [0, 0.05) is 12.0 Å². The molecule has 0 spiro atoms. The Labute approximate surface area is 122 Å².